The van der Waals surface area contributed by atoms with Crippen molar-refractivity contribution in [2.45, 2.75) is 148 Å². The van der Waals surface area contributed by atoms with E-state index in [4.69, 9.17) is 9.84 Å². The summed E-state index contributed by atoms with van der Waals surface area (Å²) >= 11 is 0. The van der Waals surface area contributed by atoms with Crippen molar-refractivity contribution in [2.75, 3.05) is 0 Å². The summed E-state index contributed by atoms with van der Waals surface area (Å²) in [6.45, 7) is 4.33. The molecule has 37 heavy (non-hydrogen) atoms. The highest BCUT2D eigenvalue weighted by Gasteiger charge is 2.13. The van der Waals surface area contributed by atoms with Crippen LogP contribution >= 0.6 is 0 Å². The molecule has 1 unspecified atom stereocenters. The van der Waals surface area contributed by atoms with Crippen LogP contribution in [0, 0.1) is 0 Å². The molecule has 0 radical (unpaired) electrons. The van der Waals surface area contributed by atoms with Crippen LogP contribution in [-0.2, 0) is 14.3 Å². The Morgan fingerprint density at radius 1 is 0.622 bits per heavy atom. The zero-order valence-electron chi connectivity index (χ0n) is 24.0. The number of aliphatic carboxylic acids is 1. The first-order chi connectivity index (χ1) is 18.1. The predicted molar refractivity (Wildman–Crippen MR) is 158 cm³/mol. The highest BCUT2D eigenvalue weighted by Crippen LogP contribution is 2.17. The lowest BCUT2D eigenvalue weighted by Crippen LogP contribution is -2.18. The molecule has 1 atom stereocenters. The lowest BCUT2D eigenvalue weighted by Gasteiger charge is -2.18. The van der Waals surface area contributed by atoms with Crippen LogP contribution in [0.3, 0.4) is 0 Å². The molecule has 0 aromatic rings. The second-order valence-electron chi connectivity index (χ2n) is 9.91. The number of hydrogen-bond donors (Lipinski definition) is 1. The maximum Gasteiger partial charge on any atom is 0.306 e. The average Bonchev–Trinajstić information content (AvgIpc) is 2.88. The van der Waals surface area contributed by atoms with E-state index >= 15 is 0 Å². The Kier molecular flexibility index (Phi) is 26.9. The molecular formula is C33H56O4. The van der Waals surface area contributed by atoms with Gasteiger partial charge >= 0.3 is 11.9 Å². The second kappa shape index (κ2) is 28.5. The largest absolute Gasteiger partial charge is 0.481 e. The molecule has 0 saturated heterocycles. The summed E-state index contributed by atoms with van der Waals surface area (Å²) in [5.74, 6) is -0.733. The molecule has 212 valence electrons. The number of carbonyl (C=O) groups is 2. The van der Waals surface area contributed by atoms with Gasteiger partial charge in [0.05, 0.1) is 0 Å². The Hall–Kier alpha value is -2.10. The summed E-state index contributed by atoms with van der Waals surface area (Å²) in [7, 11) is 0. The van der Waals surface area contributed by atoms with Crippen molar-refractivity contribution in [2.24, 2.45) is 0 Å². The molecule has 1 N–H and O–H groups in total. The van der Waals surface area contributed by atoms with Crippen molar-refractivity contribution in [1.29, 1.82) is 0 Å². The van der Waals surface area contributed by atoms with Crippen molar-refractivity contribution in [3.05, 3.63) is 48.6 Å². The highest BCUT2D eigenvalue weighted by molar-refractivity contribution is 5.69. The van der Waals surface area contributed by atoms with E-state index in [9.17, 15) is 9.59 Å². The summed E-state index contributed by atoms with van der Waals surface area (Å²) in [5.41, 5.74) is 0. The van der Waals surface area contributed by atoms with Crippen LogP contribution in [0.4, 0.5) is 0 Å². The van der Waals surface area contributed by atoms with E-state index in [-0.39, 0.29) is 18.5 Å². The molecule has 0 aliphatic rings. The van der Waals surface area contributed by atoms with E-state index in [1.54, 1.807) is 0 Å². The smallest absolute Gasteiger partial charge is 0.306 e. The molecule has 4 heteroatoms. The van der Waals surface area contributed by atoms with Crippen LogP contribution in [0.15, 0.2) is 48.6 Å². The fourth-order valence-electron chi connectivity index (χ4n) is 4.10. The van der Waals surface area contributed by atoms with E-state index in [2.05, 4.69) is 62.5 Å². The SMILES string of the molecule is CC/C=C\C/C=C\C/C=C\C/C=C\CCCCC(=O)OC(CCCC)CCCCCCCCCC(=O)O. The Morgan fingerprint density at radius 2 is 1.14 bits per heavy atom. The fourth-order valence-corrected chi connectivity index (χ4v) is 4.10. The maximum absolute atomic E-state index is 12.3. The molecule has 0 saturated carbocycles. The van der Waals surface area contributed by atoms with Gasteiger partial charge in [-0.05, 0) is 70.6 Å². The molecule has 0 spiro atoms. The minimum atomic E-state index is -0.696. The molecule has 0 aromatic heterocycles. The second-order valence-corrected chi connectivity index (χ2v) is 9.91. The number of carbonyl (C=O) groups excluding carboxylic acids is 1. The van der Waals surface area contributed by atoms with Crippen molar-refractivity contribution in [3.8, 4) is 0 Å². The Bertz CT molecular complexity index is 645. The summed E-state index contributed by atoms with van der Waals surface area (Å²) < 4.78 is 5.82. The van der Waals surface area contributed by atoms with Crippen LogP contribution in [0.1, 0.15) is 142 Å². The van der Waals surface area contributed by atoms with Gasteiger partial charge in [0.1, 0.15) is 6.10 Å². The normalized spacial score (nSPS) is 12.9. The minimum Gasteiger partial charge on any atom is -0.481 e. The zero-order valence-corrected chi connectivity index (χ0v) is 24.0. The highest BCUT2D eigenvalue weighted by atomic mass is 16.5. The topological polar surface area (TPSA) is 63.6 Å². The number of ether oxygens (including phenoxy) is 1. The van der Waals surface area contributed by atoms with Crippen LogP contribution in [-0.4, -0.2) is 23.1 Å². The van der Waals surface area contributed by atoms with Gasteiger partial charge in [0.25, 0.3) is 0 Å². The third-order valence-electron chi connectivity index (χ3n) is 6.32. The molecule has 0 fully saturated rings. The van der Waals surface area contributed by atoms with Gasteiger partial charge in [0.2, 0.25) is 0 Å². The minimum absolute atomic E-state index is 0.0373. The summed E-state index contributed by atoms with van der Waals surface area (Å²) in [5, 5.41) is 8.67. The monoisotopic (exact) mass is 516 g/mol. The molecular weight excluding hydrogens is 460 g/mol. The number of allylic oxidation sites excluding steroid dienone is 8. The molecule has 0 aromatic carbocycles. The van der Waals surface area contributed by atoms with Gasteiger partial charge in [-0.25, -0.2) is 0 Å². The third-order valence-corrected chi connectivity index (χ3v) is 6.32. The van der Waals surface area contributed by atoms with E-state index in [0.29, 0.717) is 6.42 Å². The van der Waals surface area contributed by atoms with Gasteiger partial charge in [-0.3, -0.25) is 9.59 Å². The van der Waals surface area contributed by atoms with Gasteiger partial charge in [0, 0.05) is 12.8 Å². The van der Waals surface area contributed by atoms with Gasteiger partial charge in [-0.2, -0.15) is 0 Å². The molecule has 0 aliphatic carbocycles. The van der Waals surface area contributed by atoms with E-state index in [1.807, 2.05) is 0 Å². The van der Waals surface area contributed by atoms with Gasteiger partial charge in [0.15, 0.2) is 0 Å². The van der Waals surface area contributed by atoms with Crippen LogP contribution < -0.4 is 0 Å². The number of rotatable bonds is 26. The molecule has 0 bridgehead atoms. The van der Waals surface area contributed by atoms with Gasteiger partial charge in [-0.15, -0.1) is 0 Å². The van der Waals surface area contributed by atoms with Crippen molar-refractivity contribution in [1.82, 2.24) is 0 Å². The maximum atomic E-state index is 12.3. The first kappa shape index (κ1) is 34.9. The van der Waals surface area contributed by atoms with Crippen LogP contribution in [0.25, 0.3) is 0 Å². The quantitative estimate of drug-likeness (QED) is 0.0705. The summed E-state index contributed by atoms with van der Waals surface area (Å²) in [6.07, 6.45) is 37.2. The van der Waals surface area contributed by atoms with Crippen LogP contribution in [0.5, 0.6) is 0 Å². The number of carboxylic acids is 1. The fraction of sp³-hybridized carbons (Fsp3) is 0.697. The first-order valence-corrected chi connectivity index (χ1v) is 15.1. The number of carboxylic acid groups (broad SMARTS) is 1. The first-order valence-electron chi connectivity index (χ1n) is 15.1. The lowest BCUT2D eigenvalue weighted by atomic mass is 10.0. The van der Waals surface area contributed by atoms with Gasteiger partial charge in [-0.1, -0.05) is 107 Å². The van der Waals surface area contributed by atoms with Crippen molar-refractivity contribution < 1.29 is 19.4 Å². The predicted octanol–water partition coefficient (Wildman–Crippen LogP) is 10.0. The molecule has 0 heterocycles. The standard InChI is InChI=1S/C33H56O4/c1-3-5-7-8-9-10-11-12-13-14-15-16-20-23-26-30-33(36)37-31(27-6-4-2)28-24-21-18-17-19-22-25-29-32(34)35/h5,7,9-10,12-13,15-16,31H,3-4,6,8,11,14,17-30H2,1-2H3,(H,34,35)/b7-5-,10-9-,13-12-,16-15-. The Balaban J connectivity index is 3.83. The summed E-state index contributed by atoms with van der Waals surface area (Å²) in [4.78, 5) is 22.9. The van der Waals surface area contributed by atoms with Gasteiger partial charge < -0.3 is 9.84 Å². The zero-order chi connectivity index (χ0) is 27.2. The molecule has 0 rings (SSSR count). The van der Waals surface area contributed by atoms with Crippen molar-refractivity contribution >= 4 is 11.9 Å². The average molecular weight is 517 g/mol. The van der Waals surface area contributed by atoms with E-state index < -0.39 is 5.97 Å². The van der Waals surface area contributed by atoms with E-state index in [1.165, 1.54) is 6.42 Å². The molecule has 0 aliphatic heterocycles. The van der Waals surface area contributed by atoms with E-state index in [0.717, 1.165) is 109 Å². The van der Waals surface area contributed by atoms with Crippen molar-refractivity contribution in [3.63, 3.8) is 0 Å². The molecule has 4 nitrogen and oxygen atoms in total. The third kappa shape index (κ3) is 28.3. The number of unbranched alkanes of at least 4 members (excludes halogenated alkanes) is 9. The Labute approximate surface area is 228 Å². The Morgan fingerprint density at radius 3 is 1.73 bits per heavy atom. The number of hydrogen-bond acceptors (Lipinski definition) is 3. The van der Waals surface area contributed by atoms with Crippen LogP contribution in [0.2, 0.25) is 0 Å². The lowest BCUT2D eigenvalue weighted by molar-refractivity contribution is -0.150. The number of esters is 1. The molecule has 0 amide bonds. The summed E-state index contributed by atoms with van der Waals surface area (Å²) in [6, 6.07) is 0.